The molecule has 0 amide bonds. The molecule has 3 aromatic rings. The van der Waals surface area contributed by atoms with Crippen LogP contribution in [-0.4, -0.2) is 21.2 Å². The second kappa shape index (κ2) is 4.45. The minimum atomic E-state index is -0.975. The van der Waals surface area contributed by atoms with E-state index in [-0.39, 0.29) is 5.56 Å². The molecule has 0 spiro atoms. The lowest BCUT2D eigenvalue weighted by Gasteiger charge is -2.06. The van der Waals surface area contributed by atoms with Crippen LogP contribution in [0.5, 0.6) is 0 Å². The molecule has 0 bridgehead atoms. The van der Waals surface area contributed by atoms with Gasteiger partial charge in [-0.2, -0.15) is 0 Å². The van der Waals surface area contributed by atoms with E-state index >= 15 is 0 Å². The first-order valence-corrected chi connectivity index (χ1v) is 6.14. The predicted octanol–water partition coefficient (Wildman–Crippen LogP) is 3.20. The highest BCUT2D eigenvalue weighted by molar-refractivity contribution is 6.03. The van der Waals surface area contributed by atoms with E-state index in [4.69, 9.17) is 4.52 Å². The number of benzene rings is 1. The van der Waals surface area contributed by atoms with Gasteiger partial charge in [0, 0.05) is 5.39 Å². The number of hydrogen-bond donors (Lipinski definition) is 1. The van der Waals surface area contributed by atoms with E-state index in [2.05, 4.69) is 10.1 Å². The van der Waals surface area contributed by atoms with Crippen molar-refractivity contribution in [3.63, 3.8) is 0 Å². The van der Waals surface area contributed by atoms with Gasteiger partial charge in [0.15, 0.2) is 0 Å². The number of carboxylic acid groups (broad SMARTS) is 1. The van der Waals surface area contributed by atoms with Crippen molar-refractivity contribution in [3.8, 4) is 11.3 Å². The Morgan fingerprint density at radius 3 is 2.65 bits per heavy atom. The summed E-state index contributed by atoms with van der Waals surface area (Å²) in [7, 11) is 0. The van der Waals surface area contributed by atoms with E-state index in [1.807, 2.05) is 13.0 Å². The molecule has 0 fully saturated rings. The van der Waals surface area contributed by atoms with Gasteiger partial charge in [0.05, 0.1) is 28.0 Å². The molecule has 2 heterocycles. The van der Waals surface area contributed by atoms with Crippen LogP contribution in [0.3, 0.4) is 0 Å². The summed E-state index contributed by atoms with van der Waals surface area (Å²) in [5.41, 5.74) is 2.88. The van der Waals surface area contributed by atoms with Gasteiger partial charge in [-0.25, -0.2) is 9.78 Å². The highest BCUT2D eigenvalue weighted by atomic mass is 16.5. The van der Waals surface area contributed by atoms with Crippen molar-refractivity contribution in [2.24, 2.45) is 0 Å². The summed E-state index contributed by atoms with van der Waals surface area (Å²) in [6.45, 7) is 3.59. The number of aromatic carboxylic acids is 1. The molecule has 5 nitrogen and oxygen atoms in total. The zero-order valence-corrected chi connectivity index (χ0v) is 11.0. The summed E-state index contributed by atoms with van der Waals surface area (Å²) in [5.74, 6) is -0.349. The number of pyridine rings is 1. The van der Waals surface area contributed by atoms with Crippen molar-refractivity contribution in [2.75, 3.05) is 0 Å². The molecule has 1 N–H and O–H groups in total. The number of para-hydroxylation sites is 1. The zero-order valence-electron chi connectivity index (χ0n) is 11.0. The SMILES string of the molecule is Cc1noc(C)c1-c1cc(C(=O)O)c2ccccc2n1. The number of carbonyl (C=O) groups is 1. The number of hydrogen-bond acceptors (Lipinski definition) is 4. The van der Waals surface area contributed by atoms with Crippen LogP contribution in [0.15, 0.2) is 34.9 Å². The van der Waals surface area contributed by atoms with Crippen molar-refractivity contribution in [3.05, 3.63) is 47.3 Å². The lowest BCUT2D eigenvalue weighted by Crippen LogP contribution is -2.00. The van der Waals surface area contributed by atoms with Crippen LogP contribution >= 0.6 is 0 Å². The Hall–Kier alpha value is -2.69. The lowest BCUT2D eigenvalue weighted by molar-refractivity contribution is 0.0699. The van der Waals surface area contributed by atoms with E-state index in [1.54, 1.807) is 31.2 Å². The third-order valence-electron chi connectivity index (χ3n) is 3.24. The molecular weight excluding hydrogens is 256 g/mol. The maximum Gasteiger partial charge on any atom is 0.336 e. The maximum absolute atomic E-state index is 11.4. The highest BCUT2D eigenvalue weighted by Gasteiger charge is 2.17. The summed E-state index contributed by atoms with van der Waals surface area (Å²) in [6, 6.07) is 8.74. The molecule has 0 aliphatic heterocycles. The number of aryl methyl sites for hydroxylation is 2. The fourth-order valence-electron chi connectivity index (χ4n) is 2.33. The average molecular weight is 268 g/mol. The summed E-state index contributed by atoms with van der Waals surface area (Å²) in [4.78, 5) is 16.0. The summed E-state index contributed by atoms with van der Waals surface area (Å²) in [6.07, 6.45) is 0. The Kier molecular flexibility index (Phi) is 2.75. The van der Waals surface area contributed by atoms with Gasteiger partial charge in [-0.05, 0) is 26.0 Å². The molecular formula is C15H12N2O3. The minimum Gasteiger partial charge on any atom is -0.478 e. The summed E-state index contributed by atoms with van der Waals surface area (Å²) in [5, 5.41) is 13.9. The van der Waals surface area contributed by atoms with Gasteiger partial charge in [-0.15, -0.1) is 0 Å². The molecule has 0 unspecified atom stereocenters. The van der Waals surface area contributed by atoms with Crippen LogP contribution in [0.4, 0.5) is 0 Å². The van der Waals surface area contributed by atoms with Crippen molar-refractivity contribution in [1.29, 1.82) is 0 Å². The van der Waals surface area contributed by atoms with Gasteiger partial charge in [0.25, 0.3) is 0 Å². The van der Waals surface area contributed by atoms with E-state index in [1.165, 1.54) is 0 Å². The molecule has 2 aromatic heterocycles. The summed E-state index contributed by atoms with van der Waals surface area (Å²) < 4.78 is 5.12. The molecule has 100 valence electrons. The highest BCUT2D eigenvalue weighted by Crippen LogP contribution is 2.29. The Balaban J connectivity index is 2.36. The van der Waals surface area contributed by atoms with Crippen LogP contribution < -0.4 is 0 Å². The summed E-state index contributed by atoms with van der Waals surface area (Å²) >= 11 is 0. The first-order chi connectivity index (χ1) is 9.58. The predicted molar refractivity (Wildman–Crippen MR) is 73.7 cm³/mol. The normalized spacial score (nSPS) is 10.9. The molecule has 0 radical (unpaired) electrons. The van der Waals surface area contributed by atoms with E-state index in [9.17, 15) is 9.90 Å². The fourth-order valence-corrected chi connectivity index (χ4v) is 2.33. The molecule has 5 heteroatoms. The Bertz CT molecular complexity index is 802. The van der Waals surface area contributed by atoms with E-state index in [0.29, 0.717) is 28.1 Å². The number of fused-ring (bicyclic) bond motifs is 1. The first-order valence-electron chi connectivity index (χ1n) is 6.14. The molecule has 3 rings (SSSR count). The van der Waals surface area contributed by atoms with Gasteiger partial charge >= 0.3 is 5.97 Å². The van der Waals surface area contributed by atoms with Crippen molar-refractivity contribution >= 4 is 16.9 Å². The standard InChI is InChI=1S/C15H12N2O3/c1-8-14(9(2)20-17-8)13-7-11(15(18)19)10-5-3-4-6-12(10)16-13/h3-7H,1-2H3,(H,18,19). The van der Waals surface area contributed by atoms with Gasteiger partial charge < -0.3 is 9.63 Å². The molecule has 0 aliphatic carbocycles. The van der Waals surface area contributed by atoms with Gasteiger partial charge in [-0.3, -0.25) is 0 Å². The van der Waals surface area contributed by atoms with Crippen LogP contribution in [0.1, 0.15) is 21.8 Å². The Morgan fingerprint density at radius 1 is 1.25 bits per heavy atom. The third-order valence-corrected chi connectivity index (χ3v) is 3.24. The van der Waals surface area contributed by atoms with Crippen molar-refractivity contribution in [1.82, 2.24) is 10.1 Å². The monoisotopic (exact) mass is 268 g/mol. The maximum atomic E-state index is 11.4. The molecule has 0 saturated carbocycles. The van der Waals surface area contributed by atoms with Crippen LogP contribution in [0, 0.1) is 13.8 Å². The number of rotatable bonds is 2. The fraction of sp³-hybridized carbons (Fsp3) is 0.133. The number of aromatic nitrogens is 2. The Labute approximate surface area is 114 Å². The van der Waals surface area contributed by atoms with Crippen LogP contribution in [-0.2, 0) is 0 Å². The van der Waals surface area contributed by atoms with Gasteiger partial charge in [0.1, 0.15) is 5.76 Å². The quantitative estimate of drug-likeness (QED) is 0.772. The molecule has 1 aromatic carbocycles. The van der Waals surface area contributed by atoms with Crippen LogP contribution in [0.25, 0.3) is 22.2 Å². The second-order valence-electron chi connectivity index (χ2n) is 4.58. The van der Waals surface area contributed by atoms with Gasteiger partial charge in [0.2, 0.25) is 0 Å². The van der Waals surface area contributed by atoms with Crippen molar-refractivity contribution < 1.29 is 14.4 Å². The topological polar surface area (TPSA) is 76.2 Å². The average Bonchev–Trinajstić information content (AvgIpc) is 2.77. The first kappa shape index (κ1) is 12.3. The van der Waals surface area contributed by atoms with E-state index < -0.39 is 5.97 Å². The Morgan fingerprint density at radius 2 is 2.00 bits per heavy atom. The molecule has 20 heavy (non-hydrogen) atoms. The number of nitrogens with zero attached hydrogens (tertiary/aromatic N) is 2. The molecule has 0 saturated heterocycles. The van der Waals surface area contributed by atoms with Gasteiger partial charge in [-0.1, -0.05) is 23.4 Å². The zero-order chi connectivity index (χ0) is 14.3. The molecule has 0 aliphatic rings. The molecule has 0 atom stereocenters. The van der Waals surface area contributed by atoms with Crippen molar-refractivity contribution in [2.45, 2.75) is 13.8 Å². The number of carboxylic acids is 1. The second-order valence-corrected chi connectivity index (χ2v) is 4.58. The van der Waals surface area contributed by atoms with E-state index in [0.717, 1.165) is 5.56 Å². The smallest absolute Gasteiger partial charge is 0.336 e. The lowest BCUT2D eigenvalue weighted by atomic mass is 10.0. The largest absolute Gasteiger partial charge is 0.478 e. The minimum absolute atomic E-state index is 0.227. The third kappa shape index (κ3) is 1.84. The van der Waals surface area contributed by atoms with Crippen LogP contribution in [0.2, 0.25) is 0 Å².